The molecule has 2 heterocycles. The summed E-state index contributed by atoms with van der Waals surface area (Å²) in [6.45, 7) is 1.05. The molecule has 1 aromatic heterocycles. The van der Waals surface area contributed by atoms with Gasteiger partial charge in [0, 0.05) is 18.3 Å². The number of amides is 2. The van der Waals surface area contributed by atoms with E-state index in [0.717, 1.165) is 25.2 Å². The van der Waals surface area contributed by atoms with Crippen LogP contribution in [0.25, 0.3) is 0 Å². The zero-order chi connectivity index (χ0) is 17.6. The molecule has 1 fully saturated rings. The van der Waals surface area contributed by atoms with Crippen molar-refractivity contribution in [2.75, 3.05) is 25.5 Å². The lowest BCUT2D eigenvalue weighted by Crippen LogP contribution is -2.46. The van der Waals surface area contributed by atoms with E-state index in [1.54, 1.807) is 24.1 Å². The maximum atomic E-state index is 12.8. The minimum Gasteiger partial charge on any atom is -0.497 e. The number of likely N-dealkylation sites (tertiary alicyclic amines) is 1. The van der Waals surface area contributed by atoms with E-state index in [4.69, 9.17) is 9.47 Å². The predicted molar refractivity (Wildman–Crippen MR) is 89.2 cm³/mol. The molecule has 1 aromatic carbocycles. The van der Waals surface area contributed by atoms with Crippen LogP contribution in [0.15, 0.2) is 36.7 Å². The van der Waals surface area contributed by atoms with Gasteiger partial charge in [0.1, 0.15) is 11.9 Å². The zero-order valence-electron chi connectivity index (χ0n) is 13.8. The van der Waals surface area contributed by atoms with Crippen LogP contribution in [-0.4, -0.2) is 47.2 Å². The largest absolute Gasteiger partial charge is 0.497 e. The van der Waals surface area contributed by atoms with Crippen LogP contribution in [0.4, 0.5) is 14.9 Å². The first-order chi connectivity index (χ1) is 12.1. The summed E-state index contributed by atoms with van der Waals surface area (Å²) < 4.78 is 23.6. The predicted octanol–water partition coefficient (Wildman–Crippen LogP) is 2.70. The highest BCUT2D eigenvalue weighted by molar-refractivity contribution is 5.89. The van der Waals surface area contributed by atoms with Crippen LogP contribution in [0.3, 0.4) is 0 Å². The molecule has 8 heteroatoms. The molecule has 3 rings (SSSR count). The fourth-order valence-electron chi connectivity index (χ4n) is 2.63. The number of carbonyl (C=O) groups excluding carboxylic acids is 1. The first-order valence-corrected chi connectivity index (χ1v) is 7.98. The number of benzene rings is 1. The number of hydrogen-bond acceptors (Lipinski definition) is 5. The van der Waals surface area contributed by atoms with Gasteiger partial charge in [-0.15, -0.1) is 0 Å². The number of nitrogens with one attached hydrogen (secondary N) is 1. The summed E-state index contributed by atoms with van der Waals surface area (Å²) in [5, 5.41) is 2.85. The van der Waals surface area contributed by atoms with E-state index < -0.39 is 5.82 Å². The number of rotatable bonds is 4. The van der Waals surface area contributed by atoms with Crippen molar-refractivity contribution in [1.29, 1.82) is 0 Å². The van der Waals surface area contributed by atoms with Crippen LogP contribution in [0.2, 0.25) is 0 Å². The summed E-state index contributed by atoms with van der Waals surface area (Å²) >= 11 is 0. The fourth-order valence-corrected chi connectivity index (χ4v) is 2.63. The summed E-state index contributed by atoms with van der Waals surface area (Å²) in [7, 11) is 1.57. The van der Waals surface area contributed by atoms with Gasteiger partial charge in [0.15, 0.2) is 5.82 Å². The molecule has 1 aliphatic rings. The molecule has 0 radical (unpaired) electrons. The van der Waals surface area contributed by atoms with Crippen molar-refractivity contribution in [2.45, 2.75) is 18.9 Å². The number of nitrogens with zero attached hydrogens (tertiary/aromatic N) is 3. The minimum atomic E-state index is -0.518. The summed E-state index contributed by atoms with van der Waals surface area (Å²) in [4.78, 5) is 21.7. The Labute approximate surface area is 144 Å². The second-order valence-corrected chi connectivity index (χ2v) is 5.67. The normalized spacial score (nSPS) is 17.0. The van der Waals surface area contributed by atoms with Gasteiger partial charge in [0.25, 0.3) is 0 Å². The number of piperidine rings is 1. The Morgan fingerprint density at radius 1 is 1.36 bits per heavy atom. The summed E-state index contributed by atoms with van der Waals surface area (Å²) in [6, 6.07) is 7.07. The second kappa shape index (κ2) is 7.78. The Balaban J connectivity index is 1.58. The number of methoxy groups -OCH3 is 1. The average Bonchev–Trinajstić information content (AvgIpc) is 2.64. The maximum absolute atomic E-state index is 12.8. The summed E-state index contributed by atoms with van der Waals surface area (Å²) in [5.74, 6) is 0.154. The smallest absolute Gasteiger partial charge is 0.321 e. The van der Waals surface area contributed by atoms with E-state index in [1.165, 1.54) is 0 Å². The van der Waals surface area contributed by atoms with Crippen molar-refractivity contribution in [2.24, 2.45) is 0 Å². The van der Waals surface area contributed by atoms with Gasteiger partial charge in [-0.3, -0.25) is 0 Å². The standard InChI is InChI=1S/C17H19FN4O3/c1-24-14-5-2-4-13(8-14)21-17(23)22-7-3-6-15(11-22)25-16-19-9-12(18)10-20-16/h2,4-5,8-10,15H,3,6-7,11H2,1H3,(H,21,23). The number of halogens is 1. The minimum absolute atomic E-state index is 0.112. The van der Waals surface area contributed by atoms with Crippen LogP contribution in [-0.2, 0) is 0 Å². The first kappa shape index (κ1) is 16.9. The van der Waals surface area contributed by atoms with Crippen molar-refractivity contribution >= 4 is 11.7 Å². The summed E-state index contributed by atoms with van der Waals surface area (Å²) in [6.07, 6.45) is 3.47. The molecule has 25 heavy (non-hydrogen) atoms. The summed E-state index contributed by atoms with van der Waals surface area (Å²) in [5.41, 5.74) is 0.661. The molecular weight excluding hydrogens is 327 g/mol. The molecule has 1 aliphatic heterocycles. The highest BCUT2D eigenvalue weighted by atomic mass is 19.1. The topological polar surface area (TPSA) is 76.6 Å². The molecule has 132 valence electrons. The Morgan fingerprint density at radius 2 is 2.16 bits per heavy atom. The molecule has 0 saturated carbocycles. The van der Waals surface area contributed by atoms with Gasteiger partial charge in [-0.1, -0.05) is 6.07 Å². The number of carbonyl (C=O) groups is 1. The third-order valence-electron chi connectivity index (χ3n) is 3.86. The van der Waals surface area contributed by atoms with E-state index in [2.05, 4.69) is 15.3 Å². The number of urea groups is 1. The van der Waals surface area contributed by atoms with Crippen molar-refractivity contribution in [3.8, 4) is 11.8 Å². The van der Waals surface area contributed by atoms with Gasteiger partial charge >= 0.3 is 12.0 Å². The van der Waals surface area contributed by atoms with E-state index in [-0.39, 0.29) is 18.1 Å². The lowest BCUT2D eigenvalue weighted by atomic mass is 10.1. The van der Waals surface area contributed by atoms with Gasteiger partial charge in [0.2, 0.25) is 0 Å². The molecule has 2 aromatic rings. The highest BCUT2D eigenvalue weighted by Crippen LogP contribution is 2.19. The van der Waals surface area contributed by atoms with E-state index in [1.807, 2.05) is 12.1 Å². The number of hydrogen-bond donors (Lipinski definition) is 1. The Hall–Kier alpha value is -2.90. The van der Waals surface area contributed by atoms with Crippen LogP contribution in [0, 0.1) is 5.82 Å². The van der Waals surface area contributed by atoms with E-state index in [9.17, 15) is 9.18 Å². The second-order valence-electron chi connectivity index (χ2n) is 5.67. The van der Waals surface area contributed by atoms with Crippen molar-refractivity contribution in [3.63, 3.8) is 0 Å². The zero-order valence-corrected chi connectivity index (χ0v) is 13.8. The molecule has 7 nitrogen and oxygen atoms in total. The Morgan fingerprint density at radius 3 is 2.92 bits per heavy atom. The molecule has 1 N–H and O–H groups in total. The van der Waals surface area contributed by atoms with E-state index in [0.29, 0.717) is 24.5 Å². The quantitative estimate of drug-likeness (QED) is 0.921. The molecule has 0 spiro atoms. The fraction of sp³-hybridized carbons (Fsp3) is 0.353. The number of anilines is 1. The highest BCUT2D eigenvalue weighted by Gasteiger charge is 2.25. The number of aromatic nitrogens is 2. The van der Waals surface area contributed by atoms with Gasteiger partial charge in [-0.25, -0.2) is 19.2 Å². The van der Waals surface area contributed by atoms with Gasteiger partial charge < -0.3 is 19.7 Å². The van der Waals surface area contributed by atoms with Crippen molar-refractivity contribution < 1.29 is 18.7 Å². The lowest BCUT2D eigenvalue weighted by molar-refractivity contribution is 0.0981. The molecular formula is C17H19FN4O3. The molecule has 0 aliphatic carbocycles. The molecule has 1 unspecified atom stereocenters. The van der Waals surface area contributed by atoms with Crippen molar-refractivity contribution in [3.05, 3.63) is 42.5 Å². The first-order valence-electron chi connectivity index (χ1n) is 7.98. The Bertz CT molecular complexity index is 726. The van der Waals surface area contributed by atoms with Crippen molar-refractivity contribution in [1.82, 2.24) is 14.9 Å². The maximum Gasteiger partial charge on any atom is 0.321 e. The van der Waals surface area contributed by atoms with Gasteiger partial charge in [0.05, 0.1) is 26.0 Å². The molecule has 2 amide bonds. The van der Waals surface area contributed by atoms with Crippen LogP contribution in [0.1, 0.15) is 12.8 Å². The van der Waals surface area contributed by atoms with Crippen LogP contribution >= 0.6 is 0 Å². The third kappa shape index (κ3) is 4.56. The van der Waals surface area contributed by atoms with E-state index >= 15 is 0 Å². The molecule has 1 atom stereocenters. The Kier molecular flexibility index (Phi) is 5.27. The molecule has 1 saturated heterocycles. The number of ether oxygens (including phenoxy) is 2. The SMILES string of the molecule is COc1cccc(NC(=O)N2CCCC(Oc3ncc(F)cn3)C2)c1. The lowest BCUT2D eigenvalue weighted by Gasteiger charge is -2.32. The van der Waals surface area contributed by atoms with Crippen LogP contribution in [0.5, 0.6) is 11.8 Å². The third-order valence-corrected chi connectivity index (χ3v) is 3.86. The average molecular weight is 346 g/mol. The van der Waals surface area contributed by atoms with Gasteiger partial charge in [-0.2, -0.15) is 0 Å². The van der Waals surface area contributed by atoms with Crippen LogP contribution < -0.4 is 14.8 Å². The van der Waals surface area contributed by atoms with Gasteiger partial charge in [-0.05, 0) is 25.0 Å². The molecule has 0 bridgehead atoms. The monoisotopic (exact) mass is 346 g/mol.